The number of carbonyl (C=O) groups is 1. The number of nitrogens with zero attached hydrogens (tertiary/aromatic N) is 2. The van der Waals surface area contributed by atoms with Crippen molar-refractivity contribution in [2.75, 3.05) is 13.2 Å². The third-order valence-corrected chi connectivity index (χ3v) is 3.81. The second kappa shape index (κ2) is 4.85. The number of aromatic amines is 2. The van der Waals surface area contributed by atoms with Crippen molar-refractivity contribution >= 4 is 28.0 Å². The van der Waals surface area contributed by atoms with Crippen LogP contribution in [-0.2, 0) is 4.74 Å². The van der Waals surface area contributed by atoms with E-state index in [0.717, 1.165) is 34.9 Å². The van der Waals surface area contributed by atoms with Crippen LogP contribution in [0, 0.1) is 0 Å². The van der Waals surface area contributed by atoms with E-state index < -0.39 is 0 Å². The van der Waals surface area contributed by atoms with Gasteiger partial charge in [0.1, 0.15) is 11.2 Å². The fraction of sp³-hybridized carbons (Fsp3) is 0.357. The first-order valence-corrected chi connectivity index (χ1v) is 7.02. The van der Waals surface area contributed by atoms with E-state index >= 15 is 0 Å². The van der Waals surface area contributed by atoms with Crippen molar-refractivity contribution < 1.29 is 9.53 Å². The fourth-order valence-corrected chi connectivity index (χ4v) is 2.68. The molecular formula is C14H15N5O2. The summed E-state index contributed by atoms with van der Waals surface area (Å²) in [6, 6.07) is 2.07. The Kier molecular flexibility index (Phi) is 2.85. The van der Waals surface area contributed by atoms with Crippen molar-refractivity contribution in [2.45, 2.75) is 18.9 Å². The average Bonchev–Trinajstić information content (AvgIpc) is 3.14. The van der Waals surface area contributed by atoms with Gasteiger partial charge in [0.25, 0.3) is 5.91 Å². The second-order valence-electron chi connectivity index (χ2n) is 5.21. The number of ether oxygens (including phenoxy) is 1. The van der Waals surface area contributed by atoms with E-state index in [4.69, 9.17) is 4.74 Å². The predicted octanol–water partition coefficient (Wildman–Crippen LogP) is 1.35. The van der Waals surface area contributed by atoms with E-state index in [1.807, 2.05) is 12.3 Å². The Morgan fingerprint density at radius 3 is 3.10 bits per heavy atom. The topological polar surface area (TPSA) is 95.7 Å². The second-order valence-corrected chi connectivity index (χ2v) is 5.21. The molecule has 1 aliphatic rings. The number of H-pyrrole nitrogens is 2. The van der Waals surface area contributed by atoms with Gasteiger partial charge in [0, 0.05) is 30.8 Å². The van der Waals surface area contributed by atoms with Crippen LogP contribution in [0.4, 0.5) is 0 Å². The first-order valence-electron chi connectivity index (χ1n) is 7.02. The quantitative estimate of drug-likeness (QED) is 0.662. The number of pyridine rings is 1. The summed E-state index contributed by atoms with van der Waals surface area (Å²) in [6.07, 6.45) is 5.19. The number of amides is 1. The molecule has 4 rings (SSSR count). The third-order valence-electron chi connectivity index (χ3n) is 3.81. The van der Waals surface area contributed by atoms with Gasteiger partial charge in [-0.3, -0.25) is 4.79 Å². The maximum atomic E-state index is 12.3. The van der Waals surface area contributed by atoms with Crippen LogP contribution >= 0.6 is 0 Å². The van der Waals surface area contributed by atoms with Crippen LogP contribution in [0.5, 0.6) is 0 Å². The summed E-state index contributed by atoms with van der Waals surface area (Å²) in [5, 5.41) is 3.91. The molecule has 0 bridgehead atoms. The zero-order valence-electron chi connectivity index (χ0n) is 11.3. The molecule has 3 aromatic heterocycles. The SMILES string of the molecule is O=C(NC1CCOCC1)c1nc2c(cnc3[nH]ccc32)[nH]1. The average molecular weight is 285 g/mol. The highest BCUT2D eigenvalue weighted by Gasteiger charge is 2.19. The van der Waals surface area contributed by atoms with Crippen molar-refractivity contribution in [3.63, 3.8) is 0 Å². The van der Waals surface area contributed by atoms with Crippen LogP contribution in [0.3, 0.4) is 0 Å². The predicted molar refractivity (Wildman–Crippen MR) is 77.1 cm³/mol. The zero-order valence-corrected chi connectivity index (χ0v) is 11.3. The van der Waals surface area contributed by atoms with E-state index in [2.05, 4.69) is 25.3 Å². The first kappa shape index (κ1) is 12.3. The van der Waals surface area contributed by atoms with Gasteiger partial charge in [-0.15, -0.1) is 0 Å². The summed E-state index contributed by atoms with van der Waals surface area (Å²) < 4.78 is 5.29. The highest BCUT2D eigenvalue weighted by molar-refractivity contribution is 6.03. The van der Waals surface area contributed by atoms with Crippen molar-refractivity contribution in [3.8, 4) is 0 Å². The molecule has 0 radical (unpaired) electrons. The number of rotatable bonds is 2. The highest BCUT2D eigenvalue weighted by atomic mass is 16.5. The van der Waals surface area contributed by atoms with Gasteiger partial charge in [0.2, 0.25) is 0 Å². The van der Waals surface area contributed by atoms with Crippen LogP contribution in [0.2, 0.25) is 0 Å². The zero-order chi connectivity index (χ0) is 14.2. The number of nitrogens with one attached hydrogen (secondary N) is 3. The van der Waals surface area contributed by atoms with Crippen LogP contribution < -0.4 is 5.32 Å². The lowest BCUT2D eigenvalue weighted by atomic mass is 10.1. The monoisotopic (exact) mass is 285 g/mol. The molecule has 21 heavy (non-hydrogen) atoms. The van der Waals surface area contributed by atoms with Gasteiger partial charge >= 0.3 is 0 Å². The van der Waals surface area contributed by atoms with Gasteiger partial charge < -0.3 is 20.0 Å². The van der Waals surface area contributed by atoms with E-state index in [0.29, 0.717) is 19.0 Å². The van der Waals surface area contributed by atoms with E-state index in [1.54, 1.807) is 6.20 Å². The minimum Gasteiger partial charge on any atom is -0.381 e. The third kappa shape index (κ3) is 2.15. The van der Waals surface area contributed by atoms with Gasteiger partial charge in [-0.1, -0.05) is 0 Å². The van der Waals surface area contributed by atoms with Gasteiger partial charge in [-0.25, -0.2) is 9.97 Å². The number of carbonyl (C=O) groups excluding carboxylic acids is 1. The Hall–Kier alpha value is -2.41. The van der Waals surface area contributed by atoms with Gasteiger partial charge in [0.15, 0.2) is 5.82 Å². The number of fused-ring (bicyclic) bond motifs is 3. The van der Waals surface area contributed by atoms with Crippen LogP contribution in [0.15, 0.2) is 18.5 Å². The first-order chi connectivity index (χ1) is 10.3. The molecular weight excluding hydrogens is 270 g/mol. The molecule has 3 N–H and O–H groups in total. The molecule has 0 aromatic carbocycles. The molecule has 0 saturated carbocycles. The Balaban J connectivity index is 1.64. The van der Waals surface area contributed by atoms with Gasteiger partial charge in [0.05, 0.1) is 11.7 Å². The lowest BCUT2D eigenvalue weighted by Crippen LogP contribution is -2.39. The van der Waals surface area contributed by atoms with Gasteiger partial charge in [-0.2, -0.15) is 0 Å². The summed E-state index contributed by atoms with van der Waals surface area (Å²) in [5.41, 5.74) is 2.29. The molecule has 0 atom stereocenters. The molecule has 1 amide bonds. The number of aromatic nitrogens is 4. The van der Waals surface area contributed by atoms with E-state index in [9.17, 15) is 4.79 Å². The van der Waals surface area contributed by atoms with Crippen LogP contribution in [0.1, 0.15) is 23.5 Å². The summed E-state index contributed by atoms with van der Waals surface area (Å²) in [4.78, 5) is 27.1. The highest BCUT2D eigenvalue weighted by Crippen LogP contribution is 2.20. The Bertz CT molecular complexity index is 800. The molecule has 4 heterocycles. The molecule has 0 aliphatic carbocycles. The summed E-state index contributed by atoms with van der Waals surface area (Å²) in [7, 11) is 0. The molecule has 1 fully saturated rings. The van der Waals surface area contributed by atoms with Gasteiger partial charge in [-0.05, 0) is 18.9 Å². The minimum absolute atomic E-state index is 0.157. The molecule has 7 nitrogen and oxygen atoms in total. The molecule has 7 heteroatoms. The largest absolute Gasteiger partial charge is 0.381 e. The summed E-state index contributed by atoms with van der Waals surface area (Å²) in [6.45, 7) is 1.39. The lowest BCUT2D eigenvalue weighted by Gasteiger charge is -2.22. The Morgan fingerprint density at radius 2 is 2.24 bits per heavy atom. The lowest BCUT2D eigenvalue weighted by molar-refractivity contribution is 0.0692. The maximum absolute atomic E-state index is 12.3. The van der Waals surface area contributed by atoms with E-state index in [1.165, 1.54) is 0 Å². The molecule has 108 valence electrons. The fourth-order valence-electron chi connectivity index (χ4n) is 2.68. The maximum Gasteiger partial charge on any atom is 0.287 e. The van der Waals surface area contributed by atoms with Crippen molar-refractivity contribution in [3.05, 3.63) is 24.3 Å². The number of hydrogen-bond donors (Lipinski definition) is 3. The van der Waals surface area contributed by atoms with Crippen molar-refractivity contribution in [1.82, 2.24) is 25.3 Å². The standard InChI is InChI=1S/C14H15N5O2/c20-14(17-8-2-5-21-6-3-8)13-18-10-7-16-12-9(1-4-15-12)11(10)19-13/h1,4,7-8H,2-3,5-6H2,(H,15,16)(H,17,20)(H,18,19). The Labute approximate surface area is 120 Å². The van der Waals surface area contributed by atoms with Crippen molar-refractivity contribution in [1.29, 1.82) is 0 Å². The molecule has 1 aliphatic heterocycles. The summed E-state index contributed by atoms with van der Waals surface area (Å²) in [5.74, 6) is 0.147. The number of imidazole rings is 1. The smallest absolute Gasteiger partial charge is 0.287 e. The number of hydrogen-bond acceptors (Lipinski definition) is 4. The Morgan fingerprint density at radius 1 is 1.38 bits per heavy atom. The summed E-state index contributed by atoms with van der Waals surface area (Å²) >= 11 is 0. The molecule has 0 spiro atoms. The van der Waals surface area contributed by atoms with Crippen LogP contribution in [0.25, 0.3) is 22.1 Å². The molecule has 3 aromatic rings. The minimum atomic E-state index is -0.179. The molecule has 1 saturated heterocycles. The normalized spacial score (nSPS) is 16.6. The molecule has 0 unspecified atom stereocenters. The van der Waals surface area contributed by atoms with E-state index in [-0.39, 0.29) is 11.9 Å². The van der Waals surface area contributed by atoms with Crippen molar-refractivity contribution in [2.24, 2.45) is 0 Å². The van der Waals surface area contributed by atoms with Crippen LogP contribution in [-0.4, -0.2) is 45.1 Å².